The summed E-state index contributed by atoms with van der Waals surface area (Å²) in [6.07, 6.45) is 89.5. The van der Waals surface area contributed by atoms with Crippen LogP contribution in [0.5, 0.6) is 0 Å². The van der Waals surface area contributed by atoms with Crippen LogP contribution < -0.4 is 0 Å². The van der Waals surface area contributed by atoms with E-state index in [9.17, 15) is 14.4 Å². The minimum Gasteiger partial charge on any atom is -0.462 e. The molecular weight excluding hydrogens is 985 g/mol. The van der Waals surface area contributed by atoms with Gasteiger partial charge in [-0.25, -0.2) is 0 Å². The predicted octanol–water partition coefficient (Wildman–Crippen LogP) is 24.1. The molecule has 6 nitrogen and oxygen atoms in total. The maximum atomic E-state index is 12.9. The number of esters is 3. The lowest BCUT2D eigenvalue weighted by Crippen LogP contribution is -2.30. The van der Waals surface area contributed by atoms with Crippen molar-refractivity contribution in [3.8, 4) is 0 Å². The van der Waals surface area contributed by atoms with Crippen molar-refractivity contribution in [1.82, 2.24) is 0 Å². The highest BCUT2D eigenvalue weighted by Gasteiger charge is 2.19. The van der Waals surface area contributed by atoms with Crippen LogP contribution in [0.25, 0.3) is 0 Å². The number of hydrogen-bond donors (Lipinski definition) is 0. The van der Waals surface area contributed by atoms with Crippen LogP contribution >= 0.6 is 0 Å². The largest absolute Gasteiger partial charge is 0.462 e. The fraction of sp³-hybridized carbons (Fsp3) is 0.797. The molecule has 0 radical (unpaired) electrons. The van der Waals surface area contributed by atoms with Crippen molar-refractivity contribution in [1.29, 1.82) is 0 Å². The van der Waals surface area contributed by atoms with Gasteiger partial charge in [0.25, 0.3) is 0 Å². The maximum absolute atomic E-state index is 12.9. The standard InChI is InChI=1S/C74H132O6/c1-4-7-10-13-16-19-21-23-25-27-29-31-33-34-35-36-37-38-39-40-42-43-45-47-49-51-53-55-58-61-64-67-73(76)79-70-71(69-78-72(75)66-63-60-57-18-15-12-9-6-3)80-74(77)68-65-62-59-56-54-52-50-48-46-44-41-32-30-28-26-24-22-20-17-14-11-8-5-2/h7,10,16,19,22-25,28-31,71H,4-6,8-9,11-15,17-18,20-21,26-27,32-70H2,1-3H3/b10-7-,19-16-,24-22-,25-23-,30-28-,31-29-. The van der Waals surface area contributed by atoms with Crippen molar-refractivity contribution >= 4 is 17.9 Å². The fourth-order valence-electron chi connectivity index (χ4n) is 10.2. The van der Waals surface area contributed by atoms with Crippen LogP contribution in [0.2, 0.25) is 0 Å². The molecule has 0 rings (SSSR count). The van der Waals surface area contributed by atoms with Gasteiger partial charge in [0.2, 0.25) is 0 Å². The first-order chi connectivity index (χ1) is 39.5. The maximum Gasteiger partial charge on any atom is 0.306 e. The highest BCUT2D eigenvalue weighted by atomic mass is 16.6. The van der Waals surface area contributed by atoms with Gasteiger partial charge >= 0.3 is 17.9 Å². The van der Waals surface area contributed by atoms with Gasteiger partial charge in [0.1, 0.15) is 13.2 Å². The van der Waals surface area contributed by atoms with Crippen LogP contribution in [0.3, 0.4) is 0 Å². The molecule has 6 heteroatoms. The molecule has 0 spiro atoms. The molecule has 1 atom stereocenters. The van der Waals surface area contributed by atoms with Gasteiger partial charge in [-0.15, -0.1) is 0 Å². The van der Waals surface area contributed by atoms with Crippen LogP contribution in [-0.2, 0) is 28.6 Å². The second-order valence-electron chi connectivity index (χ2n) is 23.4. The molecule has 0 heterocycles. The van der Waals surface area contributed by atoms with Gasteiger partial charge < -0.3 is 14.2 Å². The summed E-state index contributed by atoms with van der Waals surface area (Å²) in [5, 5.41) is 0. The fourth-order valence-corrected chi connectivity index (χ4v) is 10.2. The normalized spacial score (nSPS) is 12.5. The second-order valence-corrected chi connectivity index (χ2v) is 23.4. The predicted molar refractivity (Wildman–Crippen MR) is 348 cm³/mol. The van der Waals surface area contributed by atoms with E-state index < -0.39 is 6.10 Å². The highest BCUT2D eigenvalue weighted by Crippen LogP contribution is 2.18. The van der Waals surface area contributed by atoms with Crippen LogP contribution in [0.4, 0.5) is 0 Å². The zero-order chi connectivity index (χ0) is 57.8. The first-order valence-corrected chi connectivity index (χ1v) is 34.9. The third-order valence-electron chi connectivity index (χ3n) is 15.4. The van der Waals surface area contributed by atoms with Gasteiger partial charge in [-0.1, -0.05) is 325 Å². The van der Waals surface area contributed by atoms with Gasteiger partial charge in [-0.05, 0) is 89.9 Å². The molecule has 0 aliphatic heterocycles. The molecule has 0 aliphatic rings. The minimum absolute atomic E-state index is 0.0709. The van der Waals surface area contributed by atoms with Gasteiger partial charge in [-0.3, -0.25) is 14.4 Å². The molecule has 0 aromatic heterocycles. The van der Waals surface area contributed by atoms with E-state index in [2.05, 4.69) is 93.7 Å². The zero-order valence-corrected chi connectivity index (χ0v) is 53.3. The van der Waals surface area contributed by atoms with E-state index in [0.717, 1.165) is 89.9 Å². The summed E-state index contributed by atoms with van der Waals surface area (Å²) in [5.41, 5.74) is 0. The number of ether oxygens (including phenoxy) is 3. The lowest BCUT2D eigenvalue weighted by atomic mass is 10.0. The molecule has 0 aliphatic carbocycles. The third-order valence-corrected chi connectivity index (χ3v) is 15.4. The smallest absolute Gasteiger partial charge is 0.306 e. The Morgan fingerprint density at radius 3 is 0.762 bits per heavy atom. The van der Waals surface area contributed by atoms with Crippen molar-refractivity contribution in [3.05, 3.63) is 72.9 Å². The van der Waals surface area contributed by atoms with Crippen molar-refractivity contribution < 1.29 is 28.6 Å². The highest BCUT2D eigenvalue weighted by molar-refractivity contribution is 5.71. The Kier molecular flexibility index (Phi) is 65.7. The Morgan fingerprint density at radius 2 is 0.487 bits per heavy atom. The average Bonchev–Trinajstić information content (AvgIpc) is 3.46. The molecule has 0 bridgehead atoms. The van der Waals surface area contributed by atoms with Gasteiger partial charge in [-0.2, -0.15) is 0 Å². The van der Waals surface area contributed by atoms with Crippen LogP contribution in [0, 0.1) is 0 Å². The lowest BCUT2D eigenvalue weighted by molar-refractivity contribution is -0.167. The molecule has 80 heavy (non-hydrogen) atoms. The van der Waals surface area contributed by atoms with Crippen LogP contribution in [0.15, 0.2) is 72.9 Å². The minimum atomic E-state index is -0.772. The molecule has 0 saturated heterocycles. The molecule has 0 aromatic carbocycles. The molecule has 0 saturated carbocycles. The SMILES string of the molecule is CC/C=C\C/C=C\C/C=C\C/C=C\CCCCCCCCCCCCCCCCCCCCC(=O)OCC(COC(=O)CCCCCCCCCC)OC(=O)CCCCCCCCCCCCC/C=C\C/C=C\CCCCCCC. The molecular formula is C74H132O6. The van der Waals surface area contributed by atoms with Crippen LogP contribution in [0.1, 0.15) is 361 Å². The van der Waals surface area contributed by atoms with Gasteiger partial charge in [0, 0.05) is 19.3 Å². The Bertz CT molecular complexity index is 1470. The number of allylic oxidation sites excluding steroid dienone is 12. The summed E-state index contributed by atoms with van der Waals surface area (Å²) in [6, 6.07) is 0. The van der Waals surface area contributed by atoms with E-state index in [1.54, 1.807) is 0 Å². The Labute approximate surface area is 497 Å². The Morgan fingerprint density at radius 1 is 0.263 bits per heavy atom. The summed E-state index contributed by atoms with van der Waals surface area (Å²) in [5.74, 6) is -0.857. The molecule has 464 valence electrons. The topological polar surface area (TPSA) is 78.9 Å². The zero-order valence-electron chi connectivity index (χ0n) is 53.3. The summed E-state index contributed by atoms with van der Waals surface area (Å²) >= 11 is 0. The number of unbranched alkanes of at least 4 members (excludes halogenated alkanes) is 41. The van der Waals surface area contributed by atoms with E-state index in [-0.39, 0.29) is 31.1 Å². The molecule has 0 amide bonds. The van der Waals surface area contributed by atoms with E-state index in [4.69, 9.17) is 14.2 Å². The van der Waals surface area contributed by atoms with Crippen LogP contribution in [-0.4, -0.2) is 37.2 Å². The van der Waals surface area contributed by atoms with Gasteiger partial charge in [0.05, 0.1) is 0 Å². The monoisotopic (exact) mass is 1120 g/mol. The Hall–Kier alpha value is -3.15. The number of carbonyl (C=O) groups excluding carboxylic acids is 3. The molecule has 1 unspecified atom stereocenters. The third kappa shape index (κ3) is 65.7. The van der Waals surface area contributed by atoms with E-state index in [0.29, 0.717) is 19.3 Å². The van der Waals surface area contributed by atoms with Crippen molar-refractivity contribution in [2.45, 2.75) is 367 Å². The quantitative estimate of drug-likeness (QED) is 0.0261. The van der Waals surface area contributed by atoms with E-state index >= 15 is 0 Å². The van der Waals surface area contributed by atoms with Gasteiger partial charge in [0.15, 0.2) is 6.10 Å². The summed E-state index contributed by atoms with van der Waals surface area (Å²) in [4.78, 5) is 38.2. The Balaban J connectivity index is 4.07. The van der Waals surface area contributed by atoms with E-state index in [1.165, 1.54) is 231 Å². The van der Waals surface area contributed by atoms with Crippen molar-refractivity contribution in [3.63, 3.8) is 0 Å². The number of hydrogen-bond acceptors (Lipinski definition) is 6. The summed E-state index contributed by atoms with van der Waals surface area (Å²) in [6.45, 7) is 6.54. The molecule has 0 N–H and O–H groups in total. The average molecular weight is 1120 g/mol. The number of carbonyl (C=O) groups is 3. The van der Waals surface area contributed by atoms with E-state index in [1.807, 2.05) is 0 Å². The number of rotatable bonds is 64. The first-order valence-electron chi connectivity index (χ1n) is 34.9. The second kappa shape index (κ2) is 68.3. The first kappa shape index (κ1) is 76.9. The summed E-state index contributed by atoms with van der Waals surface area (Å²) < 4.78 is 16.9. The van der Waals surface area contributed by atoms with Crippen molar-refractivity contribution in [2.24, 2.45) is 0 Å². The summed E-state index contributed by atoms with van der Waals surface area (Å²) in [7, 11) is 0. The molecule has 0 fully saturated rings. The van der Waals surface area contributed by atoms with Crippen molar-refractivity contribution in [2.75, 3.05) is 13.2 Å². The molecule has 0 aromatic rings. The lowest BCUT2D eigenvalue weighted by Gasteiger charge is -2.18.